The molecule has 1 fully saturated rings. The van der Waals surface area contributed by atoms with E-state index in [1.807, 2.05) is 17.0 Å². The van der Waals surface area contributed by atoms with E-state index in [9.17, 15) is 18.0 Å². The van der Waals surface area contributed by atoms with Crippen molar-refractivity contribution in [3.05, 3.63) is 23.8 Å². The molecule has 140 valence electrons. The monoisotopic (exact) mass is 360 g/mol. The second kappa shape index (κ2) is 7.51. The van der Waals surface area contributed by atoms with Crippen molar-refractivity contribution in [1.82, 2.24) is 9.80 Å². The number of ether oxygens (including phenoxy) is 2. The van der Waals surface area contributed by atoms with Crippen molar-refractivity contribution in [1.29, 1.82) is 0 Å². The van der Waals surface area contributed by atoms with Crippen molar-refractivity contribution in [2.75, 3.05) is 27.3 Å². The topological polar surface area (TPSA) is 42.0 Å². The van der Waals surface area contributed by atoms with Crippen LogP contribution in [0.4, 0.5) is 13.2 Å². The molecule has 1 heterocycles. The Kier molecular flexibility index (Phi) is 5.82. The van der Waals surface area contributed by atoms with Crippen molar-refractivity contribution >= 4 is 5.91 Å². The van der Waals surface area contributed by atoms with Crippen molar-refractivity contribution < 1.29 is 27.4 Å². The largest absolute Gasteiger partial charge is 0.497 e. The summed E-state index contributed by atoms with van der Waals surface area (Å²) in [6, 6.07) is 4.41. The molecule has 1 aromatic rings. The number of nitrogens with zero attached hydrogens (tertiary/aromatic N) is 2. The zero-order valence-electron chi connectivity index (χ0n) is 14.8. The maximum Gasteiger partial charge on any atom is 0.471 e. The fourth-order valence-corrected chi connectivity index (χ4v) is 3.33. The normalized spacial score (nSPS) is 22.0. The van der Waals surface area contributed by atoms with Gasteiger partial charge in [-0.2, -0.15) is 13.2 Å². The lowest BCUT2D eigenvalue weighted by Gasteiger charge is -2.44. The molecule has 0 N–H and O–H groups in total. The number of carbonyl (C=O) groups is 1. The number of piperazine rings is 1. The lowest BCUT2D eigenvalue weighted by atomic mass is 10.1. The second-order valence-corrected chi connectivity index (χ2v) is 6.28. The van der Waals surface area contributed by atoms with Crippen LogP contribution in [-0.2, 0) is 11.3 Å². The zero-order chi connectivity index (χ0) is 18.8. The molecule has 1 amide bonds. The average molecular weight is 360 g/mol. The molecule has 0 radical (unpaired) electrons. The van der Waals surface area contributed by atoms with Crippen LogP contribution in [0.25, 0.3) is 0 Å². The number of hydrogen-bond donors (Lipinski definition) is 0. The van der Waals surface area contributed by atoms with Gasteiger partial charge in [-0.15, -0.1) is 0 Å². The van der Waals surface area contributed by atoms with Crippen LogP contribution in [-0.4, -0.2) is 61.3 Å². The van der Waals surface area contributed by atoms with Crippen molar-refractivity contribution in [3.8, 4) is 11.5 Å². The van der Waals surface area contributed by atoms with E-state index in [4.69, 9.17) is 9.47 Å². The first kappa shape index (κ1) is 19.4. The number of benzene rings is 1. The summed E-state index contributed by atoms with van der Waals surface area (Å²) in [7, 11) is 3.12. The summed E-state index contributed by atoms with van der Waals surface area (Å²) in [6.45, 7) is 4.52. The Morgan fingerprint density at radius 1 is 1.16 bits per heavy atom. The number of hydrogen-bond acceptors (Lipinski definition) is 4. The van der Waals surface area contributed by atoms with E-state index in [-0.39, 0.29) is 0 Å². The average Bonchev–Trinajstić information content (AvgIpc) is 2.53. The van der Waals surface area contributed by atoms with Gasteiger partial charge in [0.2, 0.25) is 0 Å². The molecule has 8 heteroatoms. The summed E-state index contributed by atoms with van der Waals surface area (Å²) in [5.74, 6) is -0.439. The minimum absolute atomic E-state index is 0.362. The smallest absolute Gasteiger partial charge is 0.471 e. The van der Waals surface area contributed by atoms with E-state index in [2.05, 4.69) is 0 Å². The number of methoxy groups -OCH3 is 2. The molecular weight excluding hydrogens is 337 g/mol. The van der Waals surface area contributed by atoms with Gasteiger partial charge < -0.3 is 14.4 Å². The summed E-state index contributed by atoms with van der Waals surface area (Å²) in [4.78, 5) is 14.6. The van der Waals surface area contributed by atoms with Gasteiger partial charge in [0.25, 0.3) is 0 Å². The van der Waals surface area contributed by atoms with Crippen LogP contribution in [0.5, 0.6) is 11.5 Å². The minimum Gasteiger partial charge on any atom is -0.497 e. The van der Waals surface area contributed by atoms with E-state index in [0.29, 0.717) is 31.1 Å². The predicted molar refractivity (Wildman–Crippen MR) is 86.6 cm³/mol. The summed E-state index contributed by atoms with van der Waals surface area (Å²) in [5, 5.41) is 0. The quantitative estimate of drug-likeness (QED) is 0.828. The molecule has 0 saturated carbocycles. The Morgan fingerprint density at radius 2 is 1.76 bits per heavy atom. The summed E-state index contributed by atoms with van der Waals surface area (Å²) in [5.41, 5.74) is 0.915. The van der Waals surface area contributed by atoms with Gasteiger partial charge in [0, 0.05) is 43.3 Å². The number of rotatable bonds is 4. The summed E-state index contributed by atoms with van der Waals surface area (Å²) < 4.78 is 48.8. The minimum atomic E-state index is -4.84. The van der Waals surface area contributed by atoms with E-state index in [1.165, 1.54) is 0 Å². The highest BCUT2D eigenvalue weighted by atomic mass is 19.4. The van der Waals surface area contributed by atoms with Crippen LogP contribution < -0.4 is 9.47 Å². The van der Waals surface area contributed by atoms with Gasteiger partial charge >= 0.3 is 12.1 Å². The molecule has 1 aliphatic heterocycles. The number of halogens is 3. The van der Waals surface area contributed by atoms with Gasteiger partial charge in [-0.1, -0.05) is 6.07 Å². The molecule has 0 aromatic heterocycles. The lowest BCUT2D eigenvalue weighted by molar-refractivity contribution is -0.192. The van der Waals surface area contributed by atoms with Crippen LogP contribution >= 0.6 is 0 Å². The van der Waals surface area contributed by atoms with E-state index >= 15 is 0 Å². The first-order valence-electron chi connectivity index (χ1n) is 8.00. The number of alkyl halides is 3. The van der Waals surface area contributed by atoms with Gasteiger partial charge in [-0.25, -0.2) is 0 Å². The third-order valence-corrected chi connectivity index (χ3v) is 4.36. The van der Waals surface area contributed by atoms with Gasteiger partial charge in [-0.05, 0) is 19.9 Å². The van der Waals surface area contributed by atoms with Gasteiger partial charge in [-0.3, -0.25) is 9.69 Å². The SMILES string of the molecule is COc1ccc(CN2C[C@@H](C)N(C(=O)C(F)(F)F)[C@@H](C)C2)c(OC)c1. The third-order valence-electron chi connectivity index (χ3n) is 4.36. The molecule has 0 unspecified atom stereocenters. The van der Waals surface area contributed by atoms with Gasteiger partial charge in [0.1, 0.15) is 11.5 Å². The molecule has 2 rings (SSSR count). The van der Waals surface area contributed by atoms with Crippen molar-refractivity contribution in [2.45, 2.75) is 38.7 Å². The molecule has 1 saturated heterocycles. The first-order chi connectivity index (χ1) is 11.7. The fraction of sp³-hybridized carbons (Fsp3) is 0.588. The van der Waals surface area contributed by atoms with Crippen molar-refractivity contribution in [3.63, 3.8) is 0 Å². The summed E-state index contributed by atoms with van der Waals surface area (Å²) >= 11 is 0. The second-order valence-electron chi connectivity index (χ2n) is 6.28. The Labute approximate surface area is 145 Å². The molecule has 25 heavy (non-hydrogen) atoms. The molecular formula is C17H23F3N2O3. The van der Waals surface area contributed by atoms with E-state index in [1.54, 1.807) is 34.1 Å². The van der Waals surface area contributed by atoms with Crippen LogP contribution in [0, 0.1) is 0 Å². The van der Waals surface area contributed by atoms with Crippen LogP contribution in [0.2, 0.25) is 0 Å². The Morgan fingerprint density at radius 3 is 2.24 bits per heavy atom. The number of carbonyl (C=O) groups excluding carboxylic acids is 1. The van der Waals surface area contributed by atoms with Gasteiger partial charge in [0.15, 0.2) is 0 Å². The van der Waals surface area contributed by atoms with Crippen LogP contribution in [0.3, 0.4) is 0 Å². The molecule has 5 nitrogen and oxygen atoms in total. The fourth-order valence-electron chi connectivity index (χ4n) is 3.33. The molecule has 1 aliphatic rings. The highest BCUT2D eigenvalue weighted by Crippen LogP contribution is 2.29. The maximum absolute atomic E-state index is 12.8. The first-order valence-corrected chi connectivity index (χ1v) is 8.00. The number of amides is 1. The highest BCUT2D eigenvalue weighted by molar-refractivity contribution is 5.82. The van der Waals surface area contributed by atoms with Crippen LogP contribution in [0.15, 0.2) is 18.2 Å². The maximum atomic E-state index is 12.8. The Hall–Kier alpha value is -1.96. The third kappa shape index (κ3) is 4.36. The Bertz CT molecular complexity index is 610. The molecule has 0 bridgehead atoms. The molecule has 2 atom stereocenters. The summed E-state index contributed by atoms with van der Waals surface area (Å²) in [6.07, 6.45) is -4.84. The highest BCUT2D eigenvalue weighted by Gasteiger charge is 2.47. The van der Waals surface area contributed by atoms with E-state index < -0.39 is 24.2 Å². The van der Waals surface area contributed by atoms with E-state index in [0.717, 1.165) is 10.5 Å². The Balaban J connectivity index is 2.11. The molecule has 1 aromatic carbocycles. The lowest BCUT2D eigenvalue weighted by Crippen LogP contribution is -2.60. The molecule has 0 aliphatic carbocycles. The standard InChI is InChI=1S/C17H23F3N2O3/c1-11-8-21(9-12(2)22(11)16(23)17(18,19)20)10-13-5-6-14(24-3)7-15(13)25-4/h5-7,11-12H,8-10H2,1-4H3/t11-,12+. The predicted octanol–water partition coefficient (Wildman–Crippen LogP) is 2.69. The van der Waals surface area contributed by atoms with Gasteiger partial charge in [0.05, 0.1) is 14.2 Å². The van der Waals surface area contributed by atoms with Crippen molar-refractivity contribution in [2.24, 2.45) is 0 Å². The molecule has 0 spiro atoms. The zero-order valence-corrected chi connectivity index (χ0v) is 14.8. The van der Waals surface area contributed by atoms with Crippen LogP contribution in [0.1, 0.15) is 19.4 Å².